The Kier molecular flexibility index (Phi) is 3.70. The third-order valence-electron chi connectivity index (χ3n) is 3.02. The molecular formula is C13H19NO2. The minimum absolute atomic E-state index is 0.638. The van der Waals surface area contributed by atoms with Crippen molar-refractivity contribution < 1.29 is 9.90 Å². The van der Waals surface area contributed by atoms with Gasteiger partial charge in [0, 0.05) is 6.54 Å². The molecule has 0 saturated heterocycles. The first-order valence-corrected chi connectivity index (χ1v) is 5.34. The van der Waals surface area contributed by atoms with Crippen molar-refractivity contribution in [3.8, 4) is 0 Å². The van der Waals surface area contributed by atoms with E-state index in [0.717, 1.165) is 5.56 Å². The monoisotopic (exact) mass is 221 g/mol. The maximum absolute atomic E-state index is 11.1. The number of hydrogen-bond donors (Lipinski definition) is 1. The van der Waals surface area contributed by atoms with Crippen LogP contribution in [0.25, 0.3) is 0 Å². The number of carboxylic acid groups (broad SMARTS) is 1. The number of aryl methyl sites for hydroxylation is 1. The lowest BCUT2D eigenvalue weighted by Gasteiger charge is -2.31. The molecule has 1 aromatic carbocycles. The molecule has 0 saturated carbocycles. The van der Waals surface area contributed by atoms with Gasteiger partial charge in [0.05, 0.1) is 0 Å². The number of benzene rings is 1. The Hall–Kier alpha value is -1.35. The molecule has 0 bridgehead atoms. The number of hydrogen-bond acceptors (Lipinski definition) is 2. The largest absolute Gasteiger partial charge is 0.480 e. The summed E-state index contributed by atoms with van der Waals surface area (Å²) in [6.45, 7) is 6.10. The highest BCUT2D eigenvalue weighted by Gasteiger charge is 2.31. The summed E-state index contributed by atoms with van der Waals surface area (Å²) in [5, 5.41) is 9.09. The molecule has 16 heavy (non-hydrogen) atoms. The van der Waals surface area contributed by atoms with Crippen molar-refractivity contribution in [2.45, 2.75) is 32.9 Å². The highest BCUT2D eigenvalue weighted by Crippen LogP contribution is 2.16. The predicted molar refractivity (Wildman–Crippen MR) is 64.4 cm³/mol. The maximum Gasteiger partial charge on any atom is 0.323 e. The van der Waals surface area contributed by atoms with Crippen molar-refractivity contribution in [2.24, 2.45) is 0 Å². The Morgan fingerprint density at radius 2 is 1.81 bits per heavy atom. The predicted octanol–water partition coefficient (Wildman–Crippen LogP) is 2.29. The zero-order chi connectivity index (χ0) is 12.3. The van der Waals surface area contributed by atoms with Crippen LogP contribution >= 0.6 is 0 Å². The van der Waals surface area contributed by atoms with E-state index in [0.29, 0.717) is 6.54 Å². The zero-order valence-corrected chi connectivity index (χ0v) is 10.3. The van der Waals surface area contributed by atoms with Crippen LogP contribution in [-0.2, 0) is 11.3 Å². The topological polar surface area (TPSA) is 40.5 Å². The van der Waals surface area contributed by atoms with Gasteiger partial charge in [0.2, 0.25) is 0 Å². The highest BCUT2D eigenvalue weighted by atomic mass is 16.4. The summed E-state index contributed by atoms with van der Waals surface area (Å²) in [4.78, 5) is 12.9. The van der Waals surface area contributed by atoms with Gasteiger partial charge in [-0.1, -0.05) is 29.8 Å². The Morgan fingerprint density at radius 3 is 2.25 bits per heavy atom. The third-order valence-corrected chi connectivity index (χ3v) is 3.02. The normalized spacial score (nSPS) is 11.8. The molecule has 0 aliphatic carbocycles. The molecule has 1 aromatic rings. The maximum atomic E-state index is 11.1. The molecule has 0 amide bonds. The summed E-state index contributed by atoms with van der Waals surface area (Å²) in [5.41, 5.74) is 1.50. The lowest BCUT2D eigenvalue weighted by Crippen LogP contribution is -2.47. The summed E-state index contributed by atoms with van der Waals surface area (Å²) >= 11 is 0. The second-order valence-corrected chi connectivity index (χ2v) is 4.71. The van der Waals surface area contributed by atoms with Crippen LogP contribution in [0.3, 0.4) is 0 Å². The molecule has 0 unspecified atom stereocenters. The van der Waals surface area contributed by atoms with Gasteiger partial charge in [-0.15, -0.1) is 0 Å². The molecule has 0 heterocycles. The van der Waals surface area contributed by atoms with E-state index in [1.807, 2.05) is 43.1 Å². The molecule has 0 aliphatic heterocycles. The first kappa shape index (κ1) is 12.7. The van der Waals surface area contributed by atoms with Crippen LogP contribution in [0.15, 0.2) is 24.3 Å². The average molecular weight is 221 g/mol. The van der Waals surface area contributed by atoms with E-state index < -0.39 is 11.5 Å². The van der Waals surface area contributed by atoms with Gasteiger partial charge in [0.25, 0.3) is 0 Å². The fraction of sp³-hybridized carbons (Fsp3) is 0.462. The van der Waals surface area contributed by atoms with Gasteiger partial charge in [0.15, 0.2) is 0 Å². The van der Waals surface area contributed by atoms with Crippen molar-refractivity contribution in [1.82, 2.24) is 4.90 Å². The summed E-state index contributed by atoms with van der Waals surface area (Å²) in [7, 11) is 1.83. The van der Waals surface area contributed by atoms with Crippen LogP contribution in [-0.4, -0.2) is 28.6 Å². The van der Waals surface area contributed by atoms with E-state index in [1.54, 1.807) is 13.8 Å². The Balaban J connectivity index is 2.75. The summed E-state index contributed by atoms with van der Waals surface area (Å²) in [6, 6.07) is 8.14. The smallest absolute Gasteiger partial charge is 0.323 e. The Morgan fingerprint density at radius 1 is 1.31 bits per heavy atom. The van der Waals surface area contributed by atoms with Gasteiger partial charge >= 0.3 is 5.97 Å². The molecule has 1 N–H and O–H groups in total. The van der Waals surface area contributed by atoms with Crippen LogP contribution in [0.5, 0.6) is 0 Å². The van der Waals surface area contributed by atoms with E-state index in [4.69, 9.17) is 5.11 Å². The Labute approximate surface area is 96.7 Å². The highest BCUT2D eigenvalue weighted by molar-refractivity contribution is 5.77. The fourth-order valence-electron chi connectivity index (χ4n) is 1.33. The van der Waals surface area contributed by atoms with E-state index in [-0.39, 0.29) is 0 Å². The van der Waals surface area contributed by atoms with Crippen molar-refractivity contribution in [3.05, 3.63) is 35.4 Å². The van der Waals surface area contributed by atoms with E-state index in [2.05, 4.69) is 0 Å². The lowest BCUT2D eigenvalue weighted by atomic mass is 10.0. The number of aliphatic carboxylic acids is 1. The van der Waals surface area contributed by atoms with Crippen molar-refractivity contribution >= 4 is 5.97 Å². The fourth-order valence-corrected chi connectivity index (χ4v) is 1.33. The second kappa shape index (κ2) is 4.66. The molecule has 0 aromatic heterocycles. The Bertz CT molecular complexity index is 368. The standard InChI is InChI=1S/C13H19NO2/c1-10-5-7-11(8-6-10)9-14(4)13(2,3)12(15)16/h5-8H,9H2,1-4H3,(H,15,16). The third kappa shape index (κ3) is 2.83. The van der Waals surface area contributed by atoms with Crippen LogP contribution in [0.4, 0.5) is 0 Å². The minimum atomic E-state index is -0.842. The van der Waals surface area contributed by atoms with Gasteiger partial charge in [-0.25, -0.2) is 0 Å². The lowest BCUT2D eigenvalue weighted by molar-refractivity contribution is -0.148. The van der Waals surface area contributed by atoms with Gasteiger partial charge in [-0.2, -0.15) is 0 Å². The van der Waals surface area contributed by atoms with E-state index in [1.165, 1.54) is 5.56 Å². The first-order chi connectivity index (χ1) is 7.34. The van der Waals surface area contributed by atoms with Crippen LogP contribution in [0, 0.1) is 6.92 Å². The molecule has 3 heteroatoms. The molecule has 0 atom stereocenters. The first-order valence-electron chi connectivity index (χ1n) is 5.34. The van der Waals surface area contributed by atoms with Crippen LogP contribution in [0.2, 0.25) is 0 Å². The number of carboxylic acids is 1. The van der Waals surface area contributed by atoms with Crippen LogP contribution in [0.1, 0.15) is 25.0 Å². The SMILES string of the molecule is Cc1ccc(CN(C)C(C)(C)C(=O)O)cc1. The quantitative estimate of drug-likeness (QED) is 0.848. The van der Waals surface area contributed by atoms with Crippen molar-refractivity contribution in [2.75, 3.05) is 7.05 Å². The molecule has 3 nitrogen and oxygen atoms in total. The molecule has 0 aliphatic rings. The molecule has 0 spiro atoms. The van der Waals surface area contributed by atoms with Gasteiger partial charge in [0.1, 0.15) is 5.54 Å². The van der Waals surface area contributed by atoms with Gasteiger partial charge in [-0.3, -0.25) is 9.69 Å². The molecule has 0 fully saturated rings. The van der Waals surface area contributed by atoms with Crippen molar-refractivity contribution in [3.63, 3.8) is 0 Å². The number of nitrogens with zero attached hydrogens (tertiary/aromatic N) is 1. The number of rotatable bonds is 4. The summed E-state index contributed by atoms with van der Waals surface area (Å²) < 4.78 is 0. The molecule has 0 radical (unpaired) electrons. The average Bonchev–Trinajstić information content (AvgIpc) is 2.21. The molecule has 88 valence electrons. The summed E-state index contributed by atoms with van der Waals surface area (Å²) in [6.07, 6.45) is 0. The van der Waals surface area contributed by atoms with Gasteiger partial charge in [-0.05, 0) is 33.4 Å². The van der Waals surface area contributed by atoms with Crippen molar-refractivity contribution in [1.29, 1.82) is 0 Å². The van der Waals surface area contributed by atoms with E-state index in [9.17, 15) is 4.79 Å². The number of carbonyl (C=O) groups is 1. The number of likely N-dealkylation sites (N-methyl/N-ethyl adjacent to an activating group) is 1. The van der Waals surface area contributed by atoms with Crippen LogP contribution < -0.4 is 0 Å². The summed E-state index contributed by atoms with van der Waals surface area (Å²) in [5.74, 6) is -0.804. The molecule has 1 rings (SSSR count). The molecular weight excluding hydrogens is 202 g/mol. The van der Waals surface area contributed by atoms with Gasteiger partial charge < -0.3 is 5.11 Å². The minimum Gasteiger partial charge on any atom is -0.480 e. The zero-order valence-electron chi connectivity index (χ0n) is 10.3. The second-order valence-electron chi connectivity index (χ2n) is 4.71. The van der Waals surface area contributed by atoms with E-state index >= 15 is 0 Å².